The molecule has 0 N–H and O–H groups in total. The van der Waals surface area contributed by atoms with Gasteiger partial charge in [-0.05, 0) is 26.8 Å². The molecular weight excluding hydrogens is 424 g/mol. The lowest BCUT2D eigenvalue weighted by Gasteiger charge is -2.28. The fourth-order valence-corrected chi connectivity index (χ4v) is 3.60. The fourth-order valence-electron chi connectivity index (χ4n) is 3.40. The van der Waals surface area contributed by atoms with Gasteiger partial charge in [0.15, 0.2) is 11.5 Å². The average molecular weight is 451 g/mol. The molecule has 2 atom stereocenters. The van der Waals surface area contributed by atoms with Crippen molar-refractivity contribution >= 4 is 34.5 Å². The van der Waals surface area contributed by atoms with Crippen LogP contribution in [0.3, 0.4) is 0 Å². The first kappa shape index (κ1) is 22.9. The average Bonchev–Trinajstić information content (AvgIpc) is 3.09. The molecule has 1 aliphatic heterocycles. The lowest BCUT2D eigenvalue weighted by atomic mass is 10.1. The number of methoxy groups -OCH3 is 1. The van der Waals surface area contributed by atoms with E-state index in [0.717, 1.165) is 0 Å². The summed E-state index contributed by atoms with van der Waals surface area (Å²) < 4.78 is 17.1. The third kappa shape index (κ3) is 5.10. The van der Waals surface area contributed by atoms with Crippen LogP contribution in [-0.2, 0) is 9.53 Å². The van der Waals surface area contributed by atoms with Crippen molar-refractivity contribution in [1.29, 1.82) is 0 Å². The highest BCUT2D eigenvalue weighted by Crippen LogP contribution is 2.36. The minimum atomic E-state index is -0.682. The molecule has 1 aromatic heterocycles. The first-order chi connectivity index (χ1) is 14.5. The van der Waals surface area contributed by atoms with Gasteiger partial charge in [-0.25, -0.2) is 14.8 Å². The quantitative estimate of drug-likeness (QED) is 0.660. The molecule has 0 spiro atoms. The highest BCUT2D eigenvalue weighted by atomic mass is 35.5. The predicted molar refractivity (Wildman–Crippen MR) is 116 cm³/mol. The van der Waals surface area contributed by atoms with Gasteiger partial charge in [-0.15, -0.1) is 0 Å². The second-order valence-electron chi connectivity index (χ2n) is 8.54. The number of likely N-dealkylation sites (N-methyl/N-ethyl adjacent to an activating group) is 1. The van der Waals surface area contributed by atoms with Gasteiger partial charge in [-0.2, -0.15) is 0 Å². The number of carbonyl (C=O) groups is 2. The smallest absolute Gasteiger partial charge is 0.411 e. The number of rotatable bonds is 4. The van der Waals surface area contributed by atoms with Crippen molar-refractivity contribution in [3.8, 4) is 11.5 Å². The van der Waals surface area contributed by atoms with Gasteiger partial charge < -0.3 is 19.1 Å². The molecule has 0 bridgehead atoms. The number of amides is 2. The largest absolute Gasteiger partial charge is 0.493 e. The predicted octanol–water partition coefficient (Wildman–Crippen LogP) is 3.14. The van der Waals surface area contributed by atoms with Crippen LogP contribution in [0.5, 0.6) is 11.5 Å². The van der Waals surface area contributed by atoms with Gasteiger partial charge in [0.2, 0.25) is 5.91 Å². The van der Waals surface area contributed by atoms with Crippen LogP contribution >= 0.6 is 11.6 Å². The van der Waals surface area contributed by atoms with Gasteiger partial charge in [0.1, 0.15) is 29.2 Å². The highest BCUT2D eigenvalue weighted by molar-refractivity contribution is 6.34. The van der Waals surface area contributed by atoms with E-state index in [-0.39, 0.29) is 12.5 Å². The molecule has 9 nitrogen and oxygen atoms in total. The van der Waals surface area contributed by atoms with E-state index in [1.54, 1.807) is 47.0 Å². The van der Waals surface area contributed by atoms with E-state index in [1.807, 2.05) is 0 Å². The Balaban J connectivity index is 1.88. The van der Waals surface area contributed by atoms with Crippen molar-refractivity contribution in [2.24, 2.45) is 0 Å². The molecule has 0 aliphatic carbocycles. The van der Waals surface area contributed by atoms with Crippen LogP contribution in [0.4, 0.5) is 4.79 Å². The molecule has 31 heavy (non-hydrogen) atoms. The Morgan fingerprint density at radius 2 is 1.90 bits per heavy atom. The Kier molecular flexibility index (Phi) is 6.45. The van der Waals surface area contributed by atoms with E-state index in [9.17, 15) is 9.59 Å². The number of nitrogens with zero attached hydrogens (tertiary/aromatic N) is 4. The number of carbonyl (C=O) groups excluding carboxylic acids is 2. The molecular formula is C21H27ClN4O5. The molecule has 1 saturated heterocycles. The summed E-state index contributed by atoms with van der Waals surface area (Å²) in [6.07, 6.45) is 0.697. The Hall–Kier alpha value is -2.81. The zero-order valence-corrected chi connectivity index (χ0v) is 19.3. The van der Waals surface area contributed by atoms with E-state index in [2.05, 4.69) is 9.97 Å². The number of hydrogen-bond acceptors (Lipinski definition) is 7. The normalized spacial score (nSPS) is 18.7. The van der Waals surface area contributed by atoms with Crippen molar-refractivity contribution in [2.45, 2.75) is 44.9 Å². The van der Waals surface area contributed by atoms with Crippen LogP contribution in [0.15, 0.2) is 18.5 Å². The van der Waals surface area contributed by atoms with Gasteiger partial charge in [-0.1, -0.05) is 11.6 Å². The number of aromatic nitrogens is 2. The van der Waals surface area contributed by atoms with Crippen LogP contribution in [0.25, 0.3) is 10.9 Å². The summed E-state index contributed by atoms with van der Waals surface area (Å²) >= 11 is 6.15. The fraction of sp³-hybridized carbons (Fsp3) is 0.524. The minimum absolute atomic E-state index is 0.193. The summed E-state index contributed by atoms with van der Waals surface area (Å²) in [6.45, 7) is 5.55. The summed E-state index contributed by atoms with van der Waals surface area (Å²) in [4.78, 5) is 36.6. The van der Waals surface area contributed by atoms with Crippen LogP contribution < -0.4 is 9.47 Å². The zero-order valence-electron chi connectivity index (χ0n) is 18.5. The lowest BCUT2D eigenvalue weighted by Crippen LogP contribution is -2.47. The Bertz CT molecular complexity index is 992. The first-order valence-corrected chi connectivity index (χ1v) is 10.2. The topological polar surface area (TPSA) is 94.1 Å². The Morgan fingerprint density at radius 1 is 1.19 bits per heavy atom. The number of ether oxygens (including phenoxy) is 3. The summed E-state index contributed by atoms with van der Waals surface area (Å²) in [5, 5.41) is 0.944. The van der Waals surface area contributed by atoms with Crippen LogP contribution in [0.1, 0.15) is 27.2 Å². The van der Waals surface area contributed by atoms with Crippen molar-refractivity contribution in [3.05, 3.63) is 23.6 Å². The summed E-state index contributed by atoms with van der Waals surface area (Å²) in [5.74, 6) is 0.703. The summed E-state index contributed by atoms with van der Waals surface area (Å²) in [7, 11) is 4.82. The molecule has 3 rings (SSSR count). The second-order valence-corrected chi connectivity index (χ2v) is 8.90. The number of hydrogen-bond donors (Lipinski definition) is 0. The van der Waals surface area contributed by atoms with Crippen LogP contribution in [0, 0.1) is 0 Å². The van der Waals surface area contributed by atoms with Crippen LogP contribution in [0.2, 0.25) is 5.15 Å². The molecule has 0 radical (unpaired) electrons. The first-order valence-electron chi connectivity index (χ1n) is 9.86. The summed E-state index contributed by atoms with van der Waals surface area (Å²) in [5.41, 5.74) is -0.0823. The third-order valence-corrected chi connectivity index (χ3v) is 5.08. The van der Waals surface area contributed by atoms with Gasteiger partial charge in [-0.3, -0.25) is 9.69 Å². The molecule has 1 fully saturated rings. The third-order valence-electron chi connectivity index (χ3n) is 4.78. The van der Waals surface area contributed by atoms with Gasteiger partial charge in [0, 0.05) is 32.0 Å². The molecule has 1 aromatic carbocycles. The molecule has 168 valence electrons. The van der Waals surface area contributed by atoms with Crippen molar-refractivity contribution in [3.63, 3.8) is 0 Å². The zero-order chi connectivity index (χ0) is 22.9. The van der Waals surface area contributed by atoms with Gasteiger partial charge in [0.25, 0.3) is 0 Å². The maximum absolute atomic E-state index is 12.8. The molecule has 2 heterocycles. The van der Waals surface area contributed by atoms with Crippen molar-refractivity contribution in [2.75, 3.05) is 27.7 Å². The standard InChI is InChI=1S/C21H27ClN4O5/c1-21(2,3)31-20(28)26-10-12(7-15(26)19(27)25(4)5)30-17-9-14-13(8-16(17)29-6)18(22)24-11-23-14/h8-9,11-12,15H,7,10H2,1-6H3/t12-,15-/m0/s1. The molecule has 10 heteroatoms. The number of likely N-dealkylation sites (tertiary alicyclic amines) is 1. The monoisotopic (exact) mass is 450 g/mol. The van der Waals surface area contributed by atoms with Gasteiger partial charge in [0.05, 0.1) is 19.2 Å². The maximum atomic E-state index is 12.8. The molecule has 0 saturated carbocycles. The minimum Gasteiger partial charge on any atom is -0.493 e. The van der Waals surface area contributed by atoms with E-state index < -0.39 is 23.8 Å². The molecule has 2 aromatic rings. The van der Waals surface area contributed by atoms with Crippen LogP contribution in [-0.4, -0.2) is 77.3 Å². The highest BCUT2D eigenvalue weighted by Gasteiger charge is 2.43. The SMILES string of the molecule is COc1cc2c(Cl)ncnc2cc1O[C@H]1C[C@@H](C(=O)N(C)C)N(C(=O)OC(C)(C)C)C1. The molecule has 0 unspecified atom stereocenters. The van der Waals surface area contributed by atoms with Crippen molar-refractivity contribution in [1.82, 2.24) is 19.8 Å². The number of halogens is 1. The molecule has 1 aliphatic rings. The van der Waals surface area contributed by atoms with Crippen molar-refractivity contribution < 1.29 is 23.8 Å². The number of benzene rings is 1. The Labute approximate surface area is 186 Å². The van der Waals surface area contributed by atoms with Gasteiger partial charge >= 0.3 is 6.09 Å². The maximum Gasteiger partial charge on any atom is 0.411 e. The summed E-state index contributed by atoms with van der Waals surface area (Å²) in [6, 6.07) is 2.73. The second kappa shape index (κ2) is 8.74. The van der Waals surface area contributed by atoms with E-state index in [1.165, 1.54) is 23.2 Å². The number of fused-ring (bicyclic) bond motifs is 1. The molecule has 2 amide bonds. The van der Waals surface area contributed by atoms with E-state index >= 15 is 0 Å². The van der Waals surface area contributed by atoms with E-state index in [0.29, 0.717) is 34.0 Å². The lowest BCUT2D eigenvalue weighted by molar-refractivity contribution is -0.133. The Morgan fingerprint density at radius 3 is 2.52 bits per heavy atom. The van der Waals surface area contributed by atoms with E-state index in [4.69, 9.17) is 25.8 Å².